The van der Waals surface area contributed by atoms with Crippen LogP contribution in [0.15, 0.2) is 48.7 Å². The molecule has 0 saturated heterocycles. The minimum Gasteiger partial charge on any atom is -0.505 e. The van der Waals surface area contributed by atoms with Crippen LogP contribution in [0.3, 0.4) is 0 Å². The Morgan fingerprint density at radius 2 is 2.04 bits per heavy atom. The molecule has 1 atom stereocenters. The number of nitrogens with one attached hydrogen (secondary N) is 1. The number of aromatic nitrogens is 1. The number of carbonyl (C=O) groups excluding carboxylic acids is 1. The lowest BCUT2D eigenvalue weighted by atomic mass is 9.96. The summed E-state index contributed by atoms with van der Waals surface area (Å²) in [7, 11) is 0. The second-order valence-corrected chi connectivity index (χ2v) is 6.24. The molecular weight excluding hydrogens is 352 g/mol. The average Bonchev–Trinajstić information content (AvgIpc) is 2.64. The van der Waals surface area contributed by atoms with E-state index in [9.17, 15) is 9.90 Å². The summed E-state index contributed by atoms with van der Waals surface area (Å²) in [5.74, 6) is 0.512. The molecule has 0 fully saturated rings. The Kier molecular flexibility index (Phi) is 5.28. The van der Waals surface area contributed by atoms with Crippen molar-refractivity contribution in [2.75, 3.05) is 6.61 Å². The molecule has 1 aromatic heterocycles. The molecule has 3 aromatic rings. The van der Waals surface area contributed by atoms with Crippen LogP contribution in [0.5, 0.6) is 11.5 Å². The summed E-state index contributed by atoms with van der Waals surface area (Å²) in [6.45, 7) is 3.91. The van der Waals surface area contributed by atoms with Crippen LogP contribution < -0.4 is 10.1 Å². The van der Waals surface area contributed by atoms with Crippen LogP contribution in [0.1, 0.15) is 31.0 Å². The first-order valence-corrected chi connectivity index (χ1v) is 8.65. The molecule has 2 aromatic carbocycles. The molecule has 2 N–H and O–H groups in total. The zero-order valence-electron chi connectivity index (χ0n) is 14.5. The van der Waals surface area contributed by atoms with Gasteiger partial charge in [-0.1, -0.05) is 23.7 Å². The summed E-state index contributed by atoms with van der Waals surface area (Å²) >= 11 is 6.38. The van der Waals surface area contributed by atoms with Gasteiger partial charge in [-0.3, -0.25) is 9.78 Å². The number of benzene rings is 2. The lowest BCUT2D eigenvalue weighted by molar-refractivity contribution is -0.119. The van der Waals surface area contributed by atoms with Gasteiger partial charge in [-0.2, -0.15) is 0 Å². The van der Waals surface area contributed by atoms with Gasteiger partial charge in [0.2, 0.25) is 5.91 Å². The first kappa shape index (κ1) is 18.0. The van der Waals surface area contributed by atoms with Crippen molar-refractivity contribution in [2.24, 2.45) is 0 Å². The summed E-state index contributed by atoms with van der Waals surface area (Å²) in [4.78, 5) is 16.0. The number of fused-ring (bicyclic) bond motifs is 1. The molecule has 0 aliphatic heterocycles. The number of carbonyl (C=O) groups is 1. The van der Waals surface area contributed by atoms with Gasteiger partial charge in [-0.05, 0) is 42.8 Å². The summed E-state index contributed by atoms with van der Waals surface area (Å²) in [6, 6.07) is 12.0. The SMILES string of the molecule is CCOc1ccc([C@H](NC(C)=O)c2cc(Cl)c3cccnc3c2O)cc1. The summed E-state index contributed by atoms with van der Waals surface area (Å²) in [6.07, 6.45) is 1.59. The number of aromatic hydroxyl groups is 1. The highest BCUT2D eigenvalue weighted by Gasteiger charge is 2.22. The standard InChI is InChI=1S/C20H19ClN2O3/c1-3-26-14-8-6-13(7-9-14)18(23-12(2)24)16-11-17(21)15-5-4-10-22-19(15)20(16)25/h4-11,18,25H,3H2,1-2H3,(H,23,24)/t18-/m0/s1. The van der Waals surface area contributed by atoms with Gasteiger partial charge in [0.05, 0.1) is 17.7 Å². The smallest absolute Gasteiger partial charge is 0.217 e. The minimum atomic E-state index is -0.563. The highest BCUT2D eigenvalue weighted by atomic mass is 35.5. The van der Waals surface area contributed by atoms with E-state index in [4.69, 9.17) is 16.3 Å². The van der Waals surface area contributed by atoms with E-state index < -0.39 is 6.04 Å². The van der Waals surface area contributed by atoms with Crippen LogP contribution in [-0.4, -0.2) is 22.6 Å². The van der Waals surface area contributed by atoms with E-state index in [1.807, 2.05) is 31.2 Å². The van der Waals surface area contributed by atoms with E-state index in [-0.39, 0.29) is 11.7 Å². The van der Waals surface area contributed by atoms with E-state index in [0.717, 1.165) is 11.3 Å². The summed E-state index contributed by atoms with van der Waals surface area (Å²) in [5.41, 5.74) is 1.68. The Morgan fingerprint density at radius 3 is 2.69 bits per heavy atom. The number of amides is 1. The molecule has 26 heavy (non-hydrogen) atoms. The normalized spacial score (nSPS) is 12.0. The third-order valence-electron chi connectivity index (χ3n) is 4.03. The second kappa shape index (κ2) is 7.62. The van der Waals surface area contributed by atoms with Gasteiger partial charge < -0.3 is 15.2 Å². The lowest BCUT2D eigenvalue weighted by Gasteiger charge is -2.21. The number of rotatable bonds is 5. The predicted octanol–water partition coefficient (Wildman–Crippen LogP) is 4.22. The van der Waals surface area contributed by atoms with Crippen molar-refractivity contribution in [3.8, 4) is 11.5 Å². The molecule has 1 amide bonds. The maximum atomic E-state index is 11.8. The van der Waals surface area contributed by atoms with Crippen molar-refractivity contribution in [3.05, 3.63) is 64.8 Å². The molecule has 0 unspecified atom stereocenters. The number of hydrogen-bond donors (Lipinski definition) is 2. The number of halogens is 1. The van der Waals surface area contributed by atoms with E-state index in [1.165, 1.54) is 6.92 Å². The van der Waals surface area contributed by atoms with Crippen molar-refractivity contribution in [1.29, 1.82) is 0 Å². The molecule has 0 aliphatic rings. The molecule has 0 radical (unpaired) electrons. The van der Waals surface area contributed by atoms with Gasteiger partial charge in [0.1, 0.15) is 17.0 Å². The molecule has 3 rings (SSSR count). The monoisotopic (exact) mass is 370 g/mol. The van der Waals surface area contributed by atoms with E-state index >= 15 is 0 Å². The number of phenols is 1. The number of nitrogens with zero attached hydrogens (tertiary/aromatic N) is 1. The van der Waals surface area contributed by atoms with E-state index in [0.29, 0.717) is 28.1 Å². The lowest BCUT2D eigenvalue weighted by Crippen LogP contribution is -2.27. The fourth-order valence-corrected chi connectivity index (χ4v) is 3.16. The van der Waals surface area contributed by atoms with Crippen LogP contribution in [-0.2, 0) is 4.79 Å². The van der Waals surface area contributed by atoms with Crippen LogP contribution in [0.25, 0.3) is 10.9 Å². The van der Waals surface area contributed by atoms with Crippen LogP contribution in [0.2, 0.25) is 5.02 Å². The minimum absolute atomic E-state index is 0.00219. The van der Waals surface area contributed by atoms with Gasteiger partial charge in [0.25, 0.3) is 0 Å². The van der Waals surface area contributed by atoms with E-state index in [2.05, 4.69) is 10.3 Å². The third kappa shape index (κ3) is 3.58. The zero-order valence-corrected chi connectivity index (χ0v) is 15.2. The molecule has 134 valence electrons. The van der Waals surface area contributed by atoms with Crippen LogP contribution >= 0.6 is 11.6 Å². The van der Waals surface area contributed by atoms with Crippen LogP contribution in [0, 0.1) is 0 Å². The highest BCUT2D eigenvalue weighted by molar-refractivity contribution is 6.35. The molecule has 1 heterocycles. The van der Waals surface area contributed by atoms with Gasteiger partial charge in [-0.15, -0.1) is 0 Å². The quantitative estimate of drug-likeness (QED) is 0.705. The number of pyridine rings is 1. The van der Waals surface area contributed by atoms with Gasteiger partial charge in [0, 0.05) is 24.1 Å². The molecule has 6 heteroatoms. The second-order valence-electron chi connectivity index (χ2n) is 5.83. The first-order chi connectivity index (χ1) is 12.5. The maximum absolute atomic E-state index is 11.8. The van der Waals surface area contributed by atoms with Gasteiger partial charge >= 0.3 is 0 Å². The van der Waals surface area contributed by atoms with Gasteiger partial charge in [0.15, 0.2) is 0 Å². The Hall–Kier alpha value is -2.79. The topological polar surface area (TPSA) is 71.5 Å². The summed E-state index contributed by atoms with van der Waals surface area (Å²) < 4.78 is 5.46. The fraction of sp³-hybridized carbons (Fsp3) is 0.200. The Bertz CT molecular complexity index is 942. The third-order valence-corrected chi connectivity index (χ3v) is 4.34. The molecular formula is C20H19ClN2O3. The Labute approximate surface area is 156 Å². The highest BCUT2D eigenvalue weighted by Crippen LogP contribution is 2.38. The maximum Gasteiger partial charge on any atom is 0.217 e. The molecule has 5 nitrogen and oxygen atoms in total. The van der Waals surface area contributed by atoms with Crippen molar-refractivity contribution < 1.29 is 14.6 Å². The first-order valence-electron chi connectivity index (χ1n) is 8.27. The van der Waals surface area contributed by atoms with Crippen molar-refractivity contribution in [2.45, 2.75) is 19.9 Å². The number of phenolic OH excluding ortho intramolecular Hbond substituents is 1. The average molecular weight is 371 g/mol. The Balaban J connectivity index is 2.12. The van der Waals surface area contributed by atoms with Crippen molar-refractivity contribution >= 4 is 28.4 Å². The fourth-order valence-electron chi connectivity index (χ4n) is 2.89. The van der Waals surface area contributed by atoms with Crippen molar-refractivity contribution in [1.82, 2.24) is 10.3 Å². The molecule has 0 bridgehead atoms. The summed E-state index contributed by atoms with van der Waals surface area (Å²) in [5, 5.41) is 14.7. The zero-order chi connectivity index (χ0) is 18.7. The molecule has 0 spiro atoms. The van der Waals surface area contributed by atoms with Crippen LogP contribution in [0.4, 0.5) is 0 Å². The number of ether oxygens (including phenoxy) is 1. The Morgan fingerprint density at radius 1 is 1.31 bits per heavy atom. The molecule has 0 aliphatic carbocycles. The van der Waals surface area contributed by atoms with Crippen molar-refractivity contribution in [3.63, 3.8) is 0 Å². The number of hydrogen-bond acceptors (Lipinski definition) is 4. The van der Waals surface area contributed by atoms with E-state index in [1.54, 1.807) is 24.4 Å². The predicted molar refractivity (Wildman–Crippen MR) is 102 cm³/mol. The largest absolute Gasteiger partial charge is 0.505 e. The van der Waals surface area contributed by atoms with Gasteiger partial charge in [-0.25, -0.2) is 0 Å². The molecule has 0 saturated carbocycles.